The number of hydrogen-bond acceptors (Lipinski definition) is 3. The van der Waals surface area contributed by atoms with Gasteiger partial charge in [0.25, 0.3) is 0 Å². The van der Waals surface area contributed by atoms with Crippen LogP contribution in [0.25, 0.3) is 21.8 Å². The highest BCUT2D eigenvalue weighted by molar-refractivity contribution is 8.93. The number of aryl methyl sites for hydroxylation is 1. The molecular formula is C11H11BrN4. The second-order valence-electron chi connectivity index (χ2n) is 3.56. The molecule has 82 valence electrons. The Bertz CT molecular complexity index is 659. The van der Waals surface area contributed by atoms with Gasteiger partial charge >= 0.3 is 0 Å². The molecule has 4 nitrogen and oxygen atoms in total. The van der Waals surface area contributed by atoms with Gasteiger partial charge < -0.3 is 10.3 Å². The molecule has 0 aliphatic carbocycles. The van der Waals surface area contributed by atoms with Crippen LogP contribution in [0.3, 0.4) is 0 Å². The molecule has 0 saturated heterocycles. The first-order chi connectivity index (χ1) is 7.27. The van der Waals surface area contributed by atoms with E-state index in [0.717, 1.165) is 21.8 Å². The summed E-state index contributed by atoms with van der Waals surface area (Å²) in [4.78, 5) is 8.44. The van der Waals surface area contributed by atoms with E-state index in [1.807, 2.05) is 36.0 Å². The van der Waals surface area contributed by atoms with Crippen molar-refractivity contribution in [3.8, 4) is 0 Å². The van der Waals surface area contributed by atoms with E-state index in [0.29, 0.717) is 5.95 Å². The molecule has 3 aromatic rings. The summed E-state index contributed by atoms with van der Waals surface area (Å²) in [7, 11) is 1.91. The molecule has 2 aromatic heterocycles. The maximum Gasteiger partial charge on any atom is 0.200 e. The number of nitrogens with two attached hydrogens (primary N) is 1. The van der Waals surface area contributed by atoms with Crippen molar-refractivity contribution in [3.05, 3.63) is 30.6 Å². The molecule has 0 spiro atoms. The molecular weight excluding hydrogens is 268 g/mol. The Morgan fingerprint density at radius 2 is 2.06 bits per heavy atom. The van der Waals surface area contributed by atoms with E-state index in [9.17, 15) is 0 Å². The molecule has 0 saturated carbocycles. The van der Waals surface area contributed by atoms with Gasteiger partial charge in [0.15, 0.2) is 0 Å². The van der Waals surface area contributed by atoms with Crippen molar-refractivity contribution in [2.24, 2.45) is 7.05 Å². The van der Waals surface area contributed by atoms with Crippen molar-refractivity contribution in [3.63, 3.8) is 0 Å². The lowest BCUT2D eigenvalue weighted by Gasteiger charge is -1.98. The molecule has 2 N–H and O–H groups in total. The minimum Gasteiger partial charge on any atom is -0.369 e. The topological polar surface area (TPSA) is 56.7 Å². The summed E-state index contributed by atoms with van der Waals surface area (Å²) in [6, 6.07) is 6.01. The number of anilines is 1. The lowest BCUT2D eigenvalue weighted by atomic mass is 10.1. The van der Waals surface area contributed by atoms with Crippen molar-refractivity contribution < 1.29 is 0 Å². The molecule has 0 unspecified atom stereocenters. The molecule has 3 rings (SSSR count). The van der Waals surface area contributed by atoms with Crippen molar-refractivity contribution in [2.75, 3.05) is 5.73 Å². The fourth-order valence-electron chi connectivity index (χ4n) is 1.84. The summed E-state index contributed by atoms with van der Waals surface area (Å²) in [6.45, 7) is 0. The number of rotatable bonds is 0. The summed E-state index contributed by atoms with van der Waals surface area (Å²) in [5.41, 5.74) is 7.77. The van der Waals surface area contributed by atoms with Crippen LogP contribution in [0.2, 0.25) is 0 Å². The highest BCUT2D eigenvalue weighted by Crippen LogP contribution is 2.24. The van der Waals surface area contributed by atoms with Gasteiger partial charge in [0, 0.05) is 30.2 Å². The largest absolute Gasteiger partial charge is 0.369 e. The van der Waals surface area contributed by atoms with Gasteiger partial charge in [-0.05, 0) is 12.1 Å². The summed E-state index contributed by atoms with van der Waals surface area (Å²) < 4.78 is 1.88. The van der Waals surface area contributed by atoms with Gasteiger partial charge in [0.05, 0.1) is 11.0 Å². The molecule has 0 radical (unpaired) electrons. The third-order valence-electron chi connectivity index (χ3n) is 2.70. The number of imidazole rings is 1. The highest BCUT2D eigenvalue weighted by atomic mass is 79.9. The third-order valence-corrected chi connectivity index (χ3v) is 2.70. The normalized spacial score (nSPS) is 10.6. The zero-order valence-electron chi connectivity index (χ0n) is 8.71. The Labute approximate surface area is 103 Å². The van der Waals surface area contributed by atoms with Crippen LogP contribution in [0.5, 0.6) is 0 Å². The molecule has 0 fully saturated rings. The maximum atomic E-state index is 5.78. The molecule has 0 amide bonds. The number of benzene rings is 1. The first-order valence-electron chi connectivity index (χ1n) is 4.72. The maximum absolute atomic E-state index is 5.78. The molecule has 0 aliphatic heterocycles. The van der Waals surface area contributed by atoms with Crippen molar-refractivity contribution >= 4 is 44.7 Å². The van der Waals surface area contributed by atoms with Gasteiger partial charge in [-0.15, -0.1) is 17.0 Å². The zero-order valence-corrected chi connectivity index (χ0v) is 10.4. The van der Waals surface area contributed by atoms with Crippen LogP contribution in [-0.4, -0.2) is 14.5 Å². The fraction of sp³-hybridized carbons (Fsp3) is 0.0909. The van der Waals surface area contributed by atoms with E-state index < -0.39 is 0 Å². The SMILES string of the molecule is Br.Cn1c(N)nc2c3ccncc3ccc21. The number of pyridine rings is 1. The van der Waals surface area contributed by atoms with Crippen LogP contribution in [0, 0.1) is 0 Å². The number of nitrogen functional groups attached to an aromatic ring is 1. The molecule has 1 aromatic carbocycles. The average molecular weight is 279 g/mol. The first kappa shape index (κ1) is 10.9. The standard InChI is InChI=1S/C11H10N4.BrH/c1-15-9-3-2-7-6-13-5-4-8(7)10(9)14-11(15)12;/h2-6H,1H3,(H2,12,14);1H. The van der Waals surface area contributed by atoms with E-state index in [4.69, 9.17) is 5.73 Å². The van der Waals surface area contributed by atoms with Gasteiger partial charge in [-0.25, -0.2) is 4.98 Å². The molecule has 5 heteroatoms. The second-order valence-corrected chi connectivity index (χ2v) is 3.56. The van der Waals surface area contributed by atoms with Crippen molar-refractivity contribution in [1.82, 2.24) is 14.5 Å². The summed E-state index contributed by atoms with van der Waals surface area (Å²) >= 11 is 0. The van der Waals surface area contributed by atoms with Crippen molar-refractivity contribution in [2.45, 2.75) is 0 Å². The van der Waals surface area contributed by atoms with Crippen LogP contribution >= 0.6 is 17.0 Å². The first-order valence-corrected chi connectivity index (χ1v) is 4.72. The van der Waals surface area contributed by atoms with Gasteiger partial charge in [-0.3, -0.25) is 4.98 Å². The highest BCUT2D eigenvalue weighted by Gasteiger charge is 2.07. The number of hydrogen-bond donors (Lipinski definition) is 1. The van der Waals surface area contributed by atoms with Crippen molar-refractivity contribution in [1.29, 1.82) is 0 Å². The van der Waals surface area contributed by atoms with Crippen LogP contribution < -0.4 is 5.73 Å². The van der Waals surface area contributed by atoms with E-state index in [2.05, 4.69) is 9.97 Å². The fourth-order valence-corrected chi connectivity index (χ4v) is 1.84. The smallest absolute Gasteiger partial charge is 0.200 e. The van der Waals surface area contributed by atoms with Crippen LogP contribution in [0.1, 0.15) is 0 Å². The van der Waals surface area contributed by atoms with Gasteiger partial charge in [-0.1, -0.05) is 6.07 Å². The monoisotopic (exact) mass is 278 g/mol. The van der Waals surface area contributed by atoms with Gasteiger partial charge in [0.2, 0.25) is 5.95 Å². The Hall–Kier alpha value is -1.62. The van der Waals surface area contributed by atoms with E-state index >= 15 is 0 Å². The average Bonchev–Trinajstić information content (AvgIpc) is 2.56. The summed E-state index contributed by atoms with van der Waals surface area (Å²) in [5.74, 6) is 0.536. The Morgan fingerprint density at radius 3 is 2.88 bits per heavy atom. The Morgan fingerprint density at radius 1 is 1.25 bits per heavy atom. The predicted octanol–water partition coefficient (Wildman–Crippen LogP) is 2.28. The van der Waals surface area contributed by atoms with E-state index in [1.165, 1.54) is 0 Å². The minimum absolute atomic E-state index is 0. The van der Waals surface area contributed by atoms with Gasteiger partial charge in [0.1, 0.15) is 0 Å². The molecule has 2 heterocycles. The molecule has 0 atom stereocenters. The van der Waals surface area contributed by atoms with E-state index in [-0.39, 0.29) is 17.0 Å². The van der Waals surface area contributed by atoms with Crippen LogP contribution in [-0.2, 0) is 7.05 Å². The second kappa shape index (κ2) is 3.75. The number of fused-ring (bicyclic) bond motifs is 3. The number of aromatic nitrogens is 3. The number of halogens is 1. The third kappa shape index (κ3) is 1.36. The van der Waals surface area contributed by atoms with Crippen LogP contribution in [0.15, 0.2) is 30.6 Å². The number of nitrogens with zero attached hydrogens (tertiary/aromatic N) is 3. The Balaban J connectivity index is 0.000000963. The molecule has 16 heavy (non-hydrogen) atoms. The molecule has 0 aliphatic rings. The van der Waals surface area contributed by atoms with E-state index in [1.54, 1.807) is 6.20 Å². The lowest BCUT2D eigenvalue weighted by molar-refractivity contribution is 0.965. The summed E-state index contributed by atoms with van der Waals surface area (Å²) in [5, 5.41) is 2.18. The minimum atomic E-state index is 0. The quantitative estimate of drug-likeness (QED) is 0.686. The Kier molecular flexibility index (Phi) is 2.55. The summed E-state index contributed by atoms with van der Waals surface area (Å²) in [6.07, 6.45) is 3.60. The predicted molar refractivity (Wildman–Crippen MR) is 70.7 cm³/mol. The van der Waals surface area contributed by atoms with Crippen LogP contribution in [0.4, 0.5) is 5.95 Å². The lowest BCUT2D eigenvalue weighted by Crippen LogP contribution is -1.95. The van der Waals surface area contributed by atoms with Gasteiger partial charge in [-0.2, -0.15) is 0 Å². The zero-order chi connectivity index (χ0) is 10.4. The molecule has 0 bridgehead atoms.